The second-order valence-electron chi connectivity index (χ2n) is 20.6. The van der Waals surface area contributed by atoms with Crippen LogP contribution in [0.2, 0.25) is 0 Å². The summed E-state index contributed by atoms with van der Waals surface area (Å²) in [6.07, 6.45) is 48.0. The Balaban J connectivity index is 0.943. The van der Waals surface area contributed by atoms with Crippen LogP contribution in [-0.2, 0) is 25.7 Å². The van der Waals surface area contributed by atoms with Crippen molar-refractivity contribution < 1.29 is 4.74 Å². The van der Waals surface area contributed by atoms with Crippen molar-refractivity contribution >= 4 is 0 Å². The van der Waals surface area contributed by atoms with Crippen LogP contribution in [0.25, 0.3) is 0 Å². The quantitative estimate of drug-likeness (QED) is 0.0479. The molecule has 7 heteroatoms. The molecule has 67 heavy (non-hydrogen) atoms. The van der Waals surface area contributed by atoms with Gasteiger partial charge < -0.3 is 4.74 Å². The molecule has 6 rings (SSSR count). The van der Waals surface area contributed by atoms with E-state index in [0.717, 1.165) is 111 Å². The molecule has 2 saturated carbocycles. The normalized spacial score (nSPS) is 18.3. The van der Waals surface area contributed by atoms with Crippen molar-refractivity contribution in [2.24, 2.45) is 11.8 Å². The first-order valence-electron chi connectivity index (χ1n) is 27.4. The average molecular weight is 905 g/mol. The van der Waals surface area contributed by atoms with E-state index in [1.54, 1.807) is 0 Å². The summed E-state index contributed by atoms with van der Waals surface area (Å²) in [5.41, 5.74) is 6.01. The number of benzene rings is 2. The SMILES string of the molecule is CCCCCCCCCCCCc1cnc(C2CCC(Cc3cc(C#N)ccc3Oc3ccc(C#N)cc3CC3CCC(c4ncc(CCCCCCCCCCCC)cn4)CC3)CC2)nc1. The van der Waals surface area contributed by atoms with Gasteiger partial charge in [0.2, 0.25) is 0 Å². The van der Waals surface area contributed by atoms with E-state index in [9.17, 15) is 10.5 Å². The Morgan fingerprint density at radius 3 is 1.10 bits per heavy atom. The van der Waals surface area contributed by atoms with Crippen LogP contribution in [0.5, 0.6) is 11.5 Å². The Morgan fingerprint density at radius 1 is 0.448 bits per heavy atom. The molecule has 0 N–H and O–H groups in total. The zero-order chi connectivity index (χ0) is 46.7. The Bertz CT molecular complexity index is 1920. The number of hydrogen-bond donors (Lipinski definition) is 0. The third-order valence-corrected chi connectivity index (χ3v) is 15.1. The molecule has 0 aliphatic heterocycles. The number of unbranched alkanes of at least 4 members (excludes halogenated alkanes) is 18. The highest BCUT2D eigenvalue weighted by Crippen LogP contribution is 2.41. The van der Waals surface area contributed by atoms with Gasteiger partial charge in [0, 0.05) is 36.6 Å². The highest BCUT2D eigenvalue weighted by Gasteiger charge is 2.27. The molecule has 2 aromatic carbocycles. The van der Waals surface area contributed by atoms with Crippen LogP contribution in [-0.4, -0.2) is 19.9 Å². The van der Waals surface area contributed by atoms with Crippen molar-refractivity contribution in [3.63, 3.8) is 0 Å². The second kappa shape index (κ2) is 30.0. The summed E-state index contributed by atoms with van der Waals surface area (Å²) in [4.78, 5) is 19.5. The van der Waals surface area contributed by atoms with E-state index in [0.29, 0.717) is 34.8 Å². The van der Waals surface area contributed by atoms with Gasteiger partial charge in [-0.3, -0.25) is 0 Å². The summed E-state index contributed by atoms with van der Waals surface area (Å²) in [6, 6.07) is 16.4. The predicted octanol–water partition coefficient (Wildman–Crippen LogP) is 16.8. The van der Waals surface area contributed by atoms with E-state index in [1.807, 2.05) is 36.4 Å². The topological polar surface area (TPSA) is 108 Å². The first-order valence-corrected chi connectivity index (χ1v) is 27.4. The number of nitriles is 2. The van der Waals surface area contributed by atoms with Gasteiger partial charge in [0.15, 0.2) is 0 Å². The van der Waals surface area contributed by atoms with Gasteiger partial charge in [-0.25, -0.2) is 19.9 Å². The summed E-state index contributed by atoms with van der Waals surface area (Å²) >= 11 is 0. The maximum Gasteiger partial charge on any atom is 0.131 e. The smallest absolute Gasteiger partial charge is 0.131 e. The largest absolute Gasteiger partial charge is 0.457 e. The van der Waals surface area contributed by atoms with Gasteiger partial charge in [-0.1, -0.05) is 129 Å². The molecule has 0 saturated heterocycles. The zero-order valence-electron chi connectivity index (χ0n) is 41.8. The van der Waals surface area contributed by atoms with Crippen LogP contribution in [0.3, 0.4) is 0 Å². The fraction of sp³-hybridized carbons (Fsp3) is 0.633. The third-order valence-electron chi connectivity index (χ3n) is 15.1. The van der Waals surface area contributed by atoms with E-state index in [4.69, 9.17) is 24.7 Å². The van der Waals surface area contributed by atoms with E-state index in [-0.39, 0.29) is 0 Å². The summed E-state index contributed by atoms with van der Waals surface area (Å²) in [5, 5.41) is 19.8. The van der Waals surface area contributed by atoms with Crippen LogP contribution < -0.4 is 4.74 Å². The van der Waals surface area contributed by atoms with Gasteiger partial charge >= 0.3 is 0 Å². The summed E-state index contributed by atoms with van der Waals surface area (Å²) < 4.78 is 6.80. The molecule has 0 radical (unpaired) electrons. The number of ether oxygens (including phenoxy) is 1. The summed E-state index contributed by atoms with van der Waals surface area (Å²) in [5.74, 6) is 5.43. The Kier molecular flexibility index (Phi) is 23.2. The molecule has 2 heterocycles. The number of nitrogens with zero attached hydrogens (tertiary/aromatic N) is 6. The molecule has 2 aliphatic carbocycles. The Hall–Kier alpha value is -4.62. The van der Waals surface area contributed by atoms with Crippen LogP contribution in [0.4, 0.5) is 0 Å². The maximum absolute atomic E-state index is 9.88. The minimum Gasteiger partial charge on any atom is -0.457 e. The number of aromatic nitrogens is 4. The number of hydrogen-bond acceptors (Lipinski definition) is 7. The lowest BCUT2D eigenvalue weighted by atomic mass is 9.78. The van der Waals surface area contributed by atoms with Gasteiger partial charge in [0.25, 0.3) is 0 Å². The highest BCUT2D eigenvalue weighted by atomic mass is 16.5. The van der Waals surface area contributed by atoms with Gasteiger partial charge in [0.1, 0.15) is 23.1 Å². The average Bonchev–Trinajstić information content (AvgIpc) is 3.37. The molecule has 2 fully saturated rings. The molecule has 7 nitrogen and oxygen atoms in total. The van der Waals surface area contributed by atoms with E-state index < -0.39 is 0 Å². The van der Waals surface area contributed by atoms with Gasteiger partial charge in [-0.05, 0) is 160 Å². The fourth-order valence-electron chi connectivity index (χ4n) is 10.8. The van der Waals surface area contributed by atoms with Crippen molar-refractivity contribution in [2.75, 3.05) is 0 Å². The summed E-state index contributed by atoms with van der Waals surface area (Å²) in [6.45, 7) is 4.57. The number of aryl methyl sites for hydroxylation is 2. The molecular formula is C60H84N6O. The van der Waals surface area contributed by atoms with E-state index in [1.165, 1.54) is 140 Å². The molecular weight excluding hydrogens is 821 g/mol. The Morgan fingerprint density at radius 2 is 0.776 bits per heavy atom. The molecule has 0 spiro atoms. The van der Waals surface area contributed by atoms with Crippen molar-refractivity contribution in [2.45, 2.75) is 231 Å². The highest BCUT2D eigenvalue weighted by molar-refractivity contribution is 5.48. The lowest BCUT2D eigenvalue weighted by Gasteiger charge is -2.29. The standard InChI is InChI=1S/C60H84N6O/c1-3-5-7-9-11-13-15-17-19-21-23-51-43-63-59(64-44-51)53-31-25-47(26-32-53)37-55-39-49(41-61)29-35-57(55)67-58-36-30-50(42-62)40-56(58)38-48-27-33-54(34-28-48)60-65-45-52(46-66-60)24-22-20-18-16-14-12-10-8-6-4-2/h29-30,35-36,39-40,43-48,53-54H,3-28,31-34,37-38H2,1-2H3. The zero-order valence-corrected chi connectivity index (χ0v) is 41.8. The van der Waals surface area contributed by atoms with Crippen LogP contribution in [0, 0.1) is 34.5 Å². The molecule has 2 aliphatic rings. The first kappa shape index (κ1) is 51.8. The molecule has 0 bridgehead atoms. The molecule has 0 unspecified atom stereocenters. The summed E-state index contributed by atoms with van der Waals surface area (Å²) in [7, 11) is 0. The molecule has 360 valence electrons. The molecule has 0 atom stereocenters. The predicted molar refractivity (Wildman–Crippen MR) is 274 cm³/mol. The van der Waals surface area contributed by atoms with Crippen LogP contribution in [0.1, 0.15) is 250 Å². The van der Waals surface area contributed by atoms with Gasteiger partial charge in [-0.15, -0.1) is 0 Å². The lowest BCUT2D eigenvalue weighted by Crippen LogP contribution is -2.18. The third kappa shape index (κ3) is 18.1. The first-order chi connectivity index (χ1) is 33.0. The number of rotatable bonds is 30. The van der Waals surface area contributed by atoms with Crippen molar-refractivity contribution in [1.29, 1.82) is 10.5 Å². The van der Waals surface area contributed by atoms with Crippen molar-refractivity contribution in [3.05, 3.63) is 106 Å². The minimum atomic E-state index is 0.400. The van der Waals surface area contributed by atoms with Crippen LogP contribution in [0.15, 0.2) is 61.2 Å². The molecule has 0 amide bonds. The minimum absolute atomic E-state index is 0.400. The van der Waals surface area contributed by atoms with Gasteiger partial charge in [-0.2, -0.15) is 10.5 Å². The monoisotopic (exact) mass is 905 g/mol. The lowest BCUT2D eigenvalue weighted by molar-refractivity contribution is 0.312. The molecule has 2 aromatic heterocycles. The van der Waals surface area contributed by atoms with Crippen molar-refractivity contribution in [1.82, 2.24) is 19.9 Å². The fourth-order valence-corrected chi connectivity index (χ4v) is 10.8. The maximum atomic E-state index is 9.88. The van der Waals surface area contributed by atoms with Gasteiger partial charge in [0.05, 0.1) is 23.3 Å². The van der Waals surface area contributed by atoms with E-state index in [2.05, 4.69) is 50.8 Å². The van der Waals surface area contributed by atoms with Crippen LogP contribution >= 0.6 is 0 Å². The Labute approximate surface area is 406 Å². The second-order valence-corrected chi connectivity index (χ2v) is 20.6. The van der Waals surface area contributed by atoms with E-state index >= 15 is 0 Å². The molecule has 4 aromatic rings. The van der Waals surface area contributed by atoms with Crippen molar-refractivity contribution in [3.8, 4) is 23.6 Å².